The molecule has 1 heterocycles. The summed E-state index contributed by atoms with van der Waals surface area (Å²) in [4.78, 5) is 14.2. The van der Waals surface area contributed by atoms with Crippen molar-refractivity contribution in [3.63, 3.8) is 0 Å². The molecule has 0 fully saturated rings. The highest BCUT2D eigenvalue weighted by atomic mass is 16.5. The zero-order valence-corrected chi connectivity index (χ0v) is 21.3. The summed E-state index contributed by atoms with van der Waals surface area (Å²) in [5, 5.41) is 0. The molecule has 0 unspecified atom stereocenters. The molecule has 0 amide bonds. The van der Waals surface area contributed by atoms with Gasteiger partial charge in [-0.15, -0.1) is 0 Å². The molecule has 0 saturated heterocycles. The Morgan fingerprint density at radius 3 is 2.20 bits per heavy atom. The van der Waals surface area contributed by atoms with E-state index in [2.05, 4.69) is 86.0 Å². The van der Waals surface area contributed by atoms with Gasteiger partial charge in [-0.3, -0.25) is 0 Å². The third-order valence-electron chi connectivity index (χ3n) is 6.70. The topological polar surface area (TPSA) is 41.8 Å². The molecule has 0 spiro atoms. The first-order valence-electron chi connectivity index (χ1n) is 11.8. The number of fused-ring (bicyclic) bond motifs is 1. The summed E-state index contributed by atoms with van der Waals surface area (Å²) in [5.74, 6) is 0.566. The van der Waals surface area contributed by atoms with Crippen LogP contribution in [-0.2, 0) is 10.2 Å². The molecule has 180 valence electrons. The van der Waals surface area contributed by atoms with E-state index < -0.39 is 0 Å². The van der Waals surface area contributed by atoms with Gasteiger partial charge in [0, 0.05) is 36.1 Å². The van der Waals surface area contributed by atoms with Crippen LogP contribution < -0.4 is 9.64 Å². The Labute approximate surface area is 207 Å². The highest BCUT2D eigenvalue weighted by Crippen LogP contribution is 2.40. The minimum atomic E-state index is -0.314. The number of benzene rings is 3. The van der Waals surface area contributed by atoms with Crippen molar-refractivity contribution in [1.82, 2.24) is 0 Å². The maximum absolute atomic E-state index is 12.0. The second kappa shape index (κ2) is 9.79. The van der Waals surface area contributed by atoms with Gasteiger partial charge in [0.1, 0.15) is 12.8 Å². The molecule has 0 bridgehead atoms. The average molecular weight is 470 g/mol. The van der Waals surface area contributed by atoms with Crippen LogP contribution in [0.15, 0.2) is 72.8 Å². The number of carbonyl (C=O) groups is 1. The largest absolute Gasteiger partial charge is 0.494 e. The van der Waals surface area contributed by atoms with E-state index in [1.807, 2.05) is 37.3 Å². The van der Waals surface area contributed by atoms with Crippen LogP contribution >= 0.6 is 0 Å². The summed E-state index contributed by atoms with van der Waals surface area (Å²) in [6.07, 6.45) is 4.31. The van der Waals surface area contributed by atoms with Crippen molar-refractivity contribution in [1.29, 1.82) is 0 Å². The number of ether oxygens (including phenoxy) is 2. The normalized spacial score (nSPS) is 14.2. The van der Waals surface area contributed by atoms with Crippen molar-refractivity contribution in [2.75, 3.05) is 32.7 Å². The summed E-state index contributed by atoms with van der Waals surface area (Å²) in [6, 6.07) is 22.4. The fourth-order valence-electron chi connectivity index (χ4n) is 4.65. The number of hydrogen-bond acceptors (Lipinski definition) is 4. The first kappa shape index (κ1) is 24.3. The molecule has 3 aromatic rings. The Bertz CT molecular complexity index is 1290. The van der Waals surface area contributed by atoms with Gasteiger partial charge >= 0.3 is 5.97 Å². The summed E-state index contributed by atoms with van der Waals surface area (Å²) < 4.78 is 12.6. The van der Waals surface area contributed by atoms with E-state index in [1.165, 1.54) is 12.8 Å². The van der Waals surface area contributed by atoms with Crippen molar-refractivity contribution < 1.29 is 18.8 Å². The molecule has 0 aliphatic carbocycles. The number of rotatable bonds is 7. The van der Waals surface area contributed by atoms with Crippen LogP contribution in [0.4, 0.5) is 17.1 Å². The second-order valence-electron chi connectivity index (χ2n) is 9.20. The molecule has 0 radical (unpaired) electrons. The molecular formula is C30H33N2O3+. The predicted octanol–water partition coefficient (Wildman–Crippen LogP) is 6.36. The van der Waals surface area contributed by atoms with Crippen LogP contribution in [0, 0.1) is 0 Å². The number of allylic oxidation sites excluding steroid dienone is 1. The fourth-order valence-corrected chi connectivity index (χ4v) is 4.65. The maximum Gasteiger partial charge on any atom is 0.337 e. The molecule has 0 saturated carbocycles. The number of anilines is 2. The third-order valence-corrected chi connectivity index (χ3v) is 6.70. The van der Waals surface area contributed by atoms with Gasteiger partial charge in [0.2, 0.25) is 5.69 Å². The van der Waals surface area contributed by atoms with Gasteiger partial charge in [-0.1, -0.05) is 12.1 Å². The van der Waals surface area contributed by atoms with Crippen LogP contribution in [0.25, 0.3) is 6.08 Å². The van der Waals surface area contributed by atoms with Crippen LogP contribution in [0.2, 0.25) is 0 Å². The quantitative estimate of drug-likeness (QED) is 0.298. The molecule has 5 nitrogen and oxygen atoms in total. The van der Waals surface area contributed by atoms with E-state index in [4.69, 9.17) is 9.47 Å². The lowest BCUT2D eigenvalue weighted by atomic mass is 9.80. The van der Waals surface area contributed by atoms with Crippen molar-refractivity contribution in [3.05, 3.63) is 89.5 Å². The van der Waals surface area contributed by atoms with Crippen LogP contribution in [0.1, 0.15) is 42.3 Å². The summed E-state index contributed by atoms with van der Waals surface area (Å²) in [5.41, 5.74) is 7.07. The Hall–Kier alpha value is -3.86. The molecule has 5 heteroatoms. The first-order chi connectivity index (χ1) is 16.8. The lowest BCUT2D eigenvalue weighted by molar-refractivity contribution is -0.401. The van der Waals surface area contributed by atoms with Crippen LogP contribution in [-0.4, -0.2) is 44.1 Å². The maximum atomic E-state index is 12.0. The van der Waals surface area contributed by atoms with E-state index in [1.54, 1.807) is 0 Å². The highest BCUT2D eigenvalue weighted by molar-refractivity contribution is 6.06. The third kappa shape index (κ3) is 4.72. The number of hydrogen-bond donors (Lipinski definition) is 0. The molecule has 0 N–H and O–H groups in total. The summed E-state index contributed by atoms with van der Waals surface area (Å²) in [7, 11) is 5.54. The van der Waals surface area contributed by atoms with Gasteiger partial charge in [-0.05, 0) is 80.9 Å². The zero-order chi connectivity index (χ0) is 25.2. The first-order valence-corrected chi connectivity index (χ1v) is 11.8. The van der Waals surface area contributed by atoms with Gasteiger partial charge in [-0.25, -0.2) is 4.79 Å². The predicted molar refractivity (Wildman–Crippen MR) is 143 cm³/mol. The van der Waals surface area contributed by atoms with E-state index in [0.717, 1.165) is 33.9 Å². The van der Waals surface area contributed by atoms with Gasteiger partial charge < -0.3 is 14.4 Å². The fraction of sp³-hybridized carbons (Fsp3) is 0.267. The average Bonchev–Trinajstić information content (AvgIpc) is 3.07. The van der Waals surface area contributed by atoms with Crippen molar-refractivity contribution >= 4 is 34.8 Å². The van der Waals surface area contributed by atoms with Crippen molar-refractivity contribution in [3.8, 4) is 5.75 Å². The van der Waals surface area contributed by atoms with E-state index in [-0.39, 0.29) is 11.4 Å². The van der Waals surface area contributed by atoms with Crippen molar-refractivity contribution in [2.24, 2.45) is 0 Å². The van der Waals surface area contributed by atoms with E-state index >= 15 is 0 Å². The Kier molecular flexibility index (Phi) is 6.79. The molecule has 0 aromatic heterocycles. The number of methoxy groups -OCH3 is 1. The lowest BCUT2D eigenvalue weighted by Crippen LogP contribution is -2.26. The minimum Gasteiger partial charge on any atom is -0.494 e. The molecular weight excluding hydrogens is 436 g/mol. The SMILES string of the molecule is CCOc1ccc(N(C)c2ccc(/C=C/C3=[N+](C)c4ccc(C(=O)OC)cc4C3(C)C)cc2)cc1. The smallest absolute Gasteiger partial charge is 0.337 e. The number of carbonyl (C=O) groups excluding carboxylic acids is 1. The number of esters is 1. The highest BCUT2D eigenvalue weighted by Gasteiger charge is 2.43. The van der Waals surface area contributed by atoms with Crippen molar-refractivity contribution in [2.45, 2.75) is 26.2 Å². The van der Waals surface area contributed by atoms with Gasteiger partial charge in [0.05, 0.1) is 24.7 Å². The Balaban J connectivity index is 1.52. The minimum absolute atomic E-state index is 0.238. The molecule has 0 atom stereocenters. The molecule has 4 rings (SSSR count). The zero-order valence-electron chi connectivity index (χ0n) is 21.3. The van der Waals surface area contributed by atoms with Gasteiger partial charge in [0.25, 0.3) is 0 Å². The number of nitrogens with zero attached hydrogens (tertiary/aromatic N) is 2. The lowest BCUT2D eigenvalue weighted by Gasteiger charge is -2.20. The van der Waals surface area contributed by atoms with Gasteiger partial charge in [0.15, 0.2) is 5.71 Å². The van der Waals surface area contributed by atoms with E-state index in [9.17, 15) is 4.79 Å². The Morgan fingerprint density at radius 2 is 1.60 bits per heavy atom. The van der Waals surface area contributed by atoms with Crippen LogP contribution in [0.3, 0.4) is 0 Å². The summed E-state index contributed by atoms with van der Waals surface area (Å²) >= 11 is 0. The van der Waals surface area contributed by atoms with Gasteiger partial charge in [-0.2, -0.15) is 4.58 Å². The standard InChI is InChI=1S/C30H33N2O3/c1-7-35-25-16-14-24(15-17-25)31(4)23-12-8-21(9-13-23)10-19-28-30(2,3)26-20-22(29(33)34-6)11-18-27(26)32(28)5/h8-20H,7H2,1-6H3/q+1. The second-order valence-corrected chi connectivity index (χ2v) is 9.20. The Morgan fingerprint density at radius 1 is 0.971 bits per heavy atom. The monoisotopic (exact) mass is 469 g/mol. The molecule has 3 aromatic carbocycles. The summed E-state index contributed by atoms with van der Waals surface area (Å²) in [6.45, 7) is 7.02. The molecule has 1 aliphatic rings. The molecule has 35 heavy (non-hydrogen) atoms. The molecule has 1 aliphatic heterocycles. The van der Waals surface area contributed by atoms with Crippen LogP contribution in [0.5, 0.6) is 5.75 Å². The van der Waals surface area contributed by atoms with E-state index in [0.29, 0.717) is 12.2 Å².